The number of furan rings is 1. The van der Waals surface area contributed by atoms with Crippen LogP contribution in [-0.2, 0) is 19.1 Å². The van der Waals surface area contributed by atoms with Crippen LogP contribution in [-0.4, -0.2) is 42.0 Å². The Bertz CT molecular complexity index is 1540. The molecule has 42 heavy (non-hydrogen) atoms. The summed E-state index contributed by atoms with van der Waals surface area (Å²) >= 11 is 0. The average molecular weight is 573 g/mol. The number of phenols is 1. The fourth-order valence-corrected chi connectivity index (χ4v) is 5.35. The number of hydrogen-bond donors (Lipinski definition) is 1. The fraction of sp³-hybridized carbons (Fsp3) is 0.333. The summed E-state index contributed by atoms with van der Waals surface area (Å²) in [5, 5.41) is 11.6. The second-order valence-electron chi connectivity index (χ2n) is 10.5. The van der Waals surface area contributed by atoms with Gasteiger partial charge in [-0.2, -0.15) is 0 Å². The van der Waals surface area contributed by atoms with E-state index in [1.165, 1.54) is 7.11 Å². The molecule has 0 saturated carbocycles. The fourth-order valence-electron chi connectivity index (χ4n) is 5.35. The zero-order valence-electron chi connectivity index (χ0n) is 23.5. The van der Waals surface area contributed by atoms with E-state index in [-0.39, 0.29) is 34.8 Å². The van der Waals surface area contributed by atoms with Gasteiger partial charge in [-0.3, -0.25) is 9.59 Å². The van der Waals surface area contributed by atoms with E-state index in [0.29, 0.717) is 66.7 Å². The molecule has 5 rings (SSSR count). The molecule has 2 aromatic carbocycles. The molecular formula is C33H32O9. The van der Waals surface area contributed by atoms with E-state index < -0.39 is 29.9 Å². The van der Waals surface area contributed by atoms with E-state index in [1.54, 1.807) is 55.5 Å². The molecule has 3 aromatic rings. The van der Waals surface area contributed by atoms with Gasteiger partial charge in [-0.15, -0.1) is 0 Å². The number of aromatic hydroxyl groups is 1. The van der Waals surface area contributed by atoms with E-state index in [4.69, 9.17) is 18.6 Å². The Hall–Kier alpha value is -4.66. The minimum atomic E-state index is -0.719. The van der Waals surface area contributed by atoms with Gasteiger partial charge in [0.1, 0.15) is 34.4 Å². The molecule has 2 atom stereocenters. The molecule has 2 aliphatic rings. The first-order chi connectivity index (χ1) is 20.2. The molecular weight excluding hydrogens is 540 g/mol. The molecule has 0 fully saturated rings. The van der Waals surface area contributed by atoms with Crippen molar-refractivity contribution in [1.82, 2.24) is 0 Å². The molecule has 0 saturated heterocycles. The molecule has 0 aliphatic carbocycles. The van der Waals surface area contributed by atoms with E-state index >= 15 is 0 Å². The Labute approximate surface area is 243 Å². The first-order valence-electron chi connectivity index (χ1n) is 14.0. The van der Waals surface area contributed by atoms with Crippen molar-refractivity contribution >= 4 is 29.8 Å². The summed E-state index contributed by atoms with van der Waals surface area (Å²) in [6, 6.07) is 11.7. The van der Waals surface area contributed by atoms with Crippen molar-refractivity contribution in [3.63, 3.8) is 0 Å². The number of benzene rings is 2. The number of carbonyl (C=O) groups is 4. The number of rotatable bonds is 3. The molecule has 9 heteroatoms. The van der Waals surface area contributed by atoms with Crippen LogP contribution in [0, 0.1) is 0 Å². The third-order valence-corrected chi connectivity index (χ3v) is 7.54. The van der Waals surface area contributed by atoms with Gasteiger partial charge in [-0.25, -0.2) is 9.59 Å². The Kier molecular flexibility index (Phi) is 8.56. The Morgan fingerprint density at radius 2 is 1.79 bits per heavy atom. The van der Waals surface area contributed by atoms with Gasteiger partial charge in [0.25, 0.3) is 0 Å². The zero-order valence-corrected chi connectivity index (χ0v) is 23.5. The maximum Gasteiger partial charge on any atom is 0.342 e. The molecule has 9 nitrogen and oxygen atoms in total. The minimum absolute atomic E-state index is 0.0156. The number of carbonyl (C=O) groups excluding carboxylic acids is 4. The second kappa shape index (κ2) is 12.5. The zero-order chi connectivity index (χ0) is 29.8. The lowest BCUT2D eigenvalue weighted by molar-refractivity contribution is -0.135. The monoisotopic (exact) mass is 572 g/mol. The van der Waals surface area contributed by atoms with Gasteiger partial charge < -0.3 is 23.7 Å². The number of ether oxygens (including phenoxy) is 3. The predicted molar refractivity (Wildman–Crippen MR) is 152 cm³/mol. The van der Waals surface area contributed by atoms with Gasteiger partial charge in [-0.05, 0) is 68.5 Å². The molecule has 1 N–H and O–H groups in total. The summed E-state index contributed by atoms with van der Waals surface area (Å²) in [6.07, 6.45) is 6.24. The lowest BCUT2D eigenvalue weighted by Gasteiger charge is -2.26. The van der Waals surface area contributed by atoms with Crippen LogP contribution in [0.2, 0.25) is 0 Å². The molecule has 1 unspecified atom stereocenters. The summed E-state index contributed by atoms with van der Waals surface area (Å²) in [5.74, 6) is -1.50. The van der Waals surface area contributed by atoms with E-state index in [0.717, 1.165) is 0 Å². The van der Waals surface area contributed by atoms with Gasteiger partial charge in [0.05, 0.1) is 31.1 Å². The maximum atomic E-state index is 13.4. The summed E-state index contributed by atoms with van der Waals surface area (Å²) in [7, 11) is 1.31. The van der Waals surface area contributed by atoms with Crippen LogP contribution in [0.1, 0.15) is 95.4 Å². The van der Waals surface area contributed by atoms with Crippen LogP contribution < -0.4 is 4.74 Å². The number of ketones is 1. The standard InChI is InChI=1S/C33H32O9/c1-19-7-6-10-23(34)9-5-3-4-8-22-17-27-30(31(36)29(22)33(38)40-19)24(18-28(35)42-27)26-16-15-25(41-26)20-11-13-21(14-12-20)32(37)39-2/h4,8,11-17,19,24,36H,3,5-7,9-10,18H2,1-2H3/t19-,24?/m0/s1. The smallest absolute Gasteiger partial charge is 0.342 e. The minimum Gasteiger partial charge on any atom is -0.507 e. The second-order valence-corrected chi connectivity index (χ2v) is 10.5. The molecule has 0 radical (unpaired) electrons. The number of esters is 3. The van der Waals surface area contributed by atoms with Crippen molar-refractivity contribution in [2.24, 2.45) is 0 Å². The number of phenolic OH excluding ortho intramolecular Hbond substituents is 1. The maximum absolute atomic E-state index is 13.4. The third-order valence-electron chi connectivity index (χ3n) is 7.54. The van der Waals surface area contributed by atoms with Crippen LogP contribution in [0.5, 0.6) is 11.5 Å². The lowest BCUT2D eigenvalue weighted by Crippen LogP contribution is -2.23. The molecule has 0 amide bonds. The highest BCUT2D eigenvalue weighted by Gasteiger charge is 2.37. The van der Waals surface area contributed by atoms with Crippen molar-refractivity contribution < 1.29 is 42.9 Å². The largest absolute Gasteiger partial charge is 0.507 e. The average Bonchev–Trinajstić information content (AvgIpc) is 3.46. The first-order valence-corrected chi connectivity index (χ1v) is 14.0. The number of allylic oxidation sites excluding steroid dienone is 1. The highest BCUT2D eigenvalue weighted by molar-refractivity contribution is 5.98. The number of methoxy groups -OCH3 is 1. The lowest BCUT2D eigenvalue weighted by atomic mass is 9.86. The van der Waals surface area contributed by atoms with Crippen molar-refractivity contribution in [3.8, 4) is 22.8 Å². The van der Waals surface area contributed by atoms with E-state index in [2.05, 4.69) is 0 Å². The topological polar surface area (TPSA) is 129 Å². The van der Waals surface area contributed by atoms with Gasteiger partial charge >= 0.3 is 17.9 Å². The van der Waals surface area contributed by atoms with Crippen molar-refractivity contribution in [2.45, 2.75) is 63.9 Å². The van der Waals surface area contributed by atoms with Crippen LogP contribution in [0.15, 0.2) is 53.0 Å². The van der Waals surface area contributed by atoms with E-state index in [1.807, 2.05) is 6.08 Å². The van der Waals surface area contributed by atoms with E-state index in [9.17, 15) is 24.3 Å². The van der Waals surface area contributed by atoms with Crippen LogP contribution in [0.3, 0.4) is 0 Å². The Morgan fingerprint density at radius 1 is 1.02 bits per heavy atom. The van der Waals surface area contributed by atoms with Gasteiger partial charge in [0, 0.05) is 24.0 Å². The summed E-state index contributed by atoms with van der Waals surface area (Å²) in [4.78, 5) is 50.0. The van der Waals surface area contributed by atoms with Crippen molar-refractivity contribution in [2.75, 3.05) is 7.11 Å². The quantitative estimate of drug-likeness (QED) is 0.281. The molecule has 2 aliphatic heterocycles. The van der Waals surface area contributed by atoms with Crippen LogP contribution in [0.25, 0.3) is 17.4 Å². The normalized spacial score (nSPS) is 19.6. The number of hydrogen-bond acceptors (Lipinski definition) is 9. The van der Waals surface area contributed by atoms with Crippen LogP contribution >= 0.6 is 0 Å². The SMILES string of the molecule is COC(=O)c1ccc(-c2ccc(C3CC(=O)Oc4cc5c(c(O)c43)C(=O)O[C@@H](C)CCCC(=O)CCCC=C5)o2)cc1. The molecule has 1 aromatic heterocycles. The third kappa shape index (κ3) is 6.15. The number of fused-ring (bicyclic) bond motifs is 2. The van der Waals surface area contributed by atoms with Gasteiger partial charge in [-0.1, -0.05) is 24.3 Å². The molecule has 0 spiro atoms. The summed E-state index contributed by atoms with van der Waals surface area (Å²) in [6.45, 7) is 1.76. The van der Waals surface area contributed by atoms with Gasteiger partial charge in [0.2, 0.25) is 0 Å². The summed E-state index contributed by atoms with van der Waals surface area (Å²) in [5.41, 5.74) is 1.70. The predicted octanol–water partition coefficient (Wildman–Crippen LogP) is 6.36. The van der Waals surface area contributed by atoms with Gasteiger partial charge in [0.15, 0.2) is 0 Å². The highest BCUT2D eigenvalue weighted by atomic mass is 16.5. The molecule has 3 heterocycles. The first kappa shape index (κ1) is 28.9. The van der Waals surface area contributed by atoms with Crippen molar-refractivity contribution in [1.29, 1.82) is 0 Å². The Balaban J connectivity index is 1.53. The highest BCUT2D eigenvalue weighted by Crippen LogP contribution is 2.48. The Morgan fingerprint density at radius 3 is 2.55 bits per heavy atom. The number of Topliss-reactive ketones (excluding diaryl/α,β-unsaturated/α-hetero) is 1. The summed E-state index contributed by atoms with van der Waals surface area (Å²) < 4.78 is 22.1. The van der Waals surface area contributed by atoms with Crippen molar-refractivity contribution in [3.05, 3.63) is 76.6 Å². The number of cyclic esters (lactones) is 1. The molecule has 0 bridgehead atoms. The van der Waals surface area contributed by atoms with Crippen LogP contribution in [0.4, 0.5) is 0 Å². The molecule has 218 valence electrons.